The summed E-state index contributed by atoms with van der Waals surface area (Å²) in [7, 11) is 0. The lowest BCUT2D eigenvalue weighted by atomic mass is 10.2. The van der Waals surface area contributed by atoms with Crippen LogP contribution in [0.25, 0.3) is 0 Å². The van der Waals surface area contributed by atoms with Gasteiger partial charge in [-0.2, -0.15) is 0 Å². The van der Waals surface area contributed by atoms with Crippen LogP contribution < -0.4 is 15.5 Å². The van der Waals surface area contributed by atoms with Gasteiger partial charge in [-0.05, 0) is 43.2 Å². The first kappa shape index (κ1) is 18.1. The Kier molecular flexibility index (Phi) is 4.77. The molecule has 1 saturated heterocycles. The number of anilines is 2. The summed E-state index contributed by atoms with van der Waals surface area (Å²) in [6.45, 7) is 3.26. The van der Waals surface area contributed by atoms with Gasteiger partial charge in [0.05, 0.1) is 30.5 Å². The first-order valence-corrected chi connectivity index (χ1v) is 9.13. The minimum absolute atomic E-state index is 0.227. The standard InChI is InChI=1S/C20H21FN6O/c1-13-4-6-23-19(8-13)27-12-17(22)16(20(27)28)10-24-15-2-3-18(25-9-15)26-7-5-14(21)11-26/h2-4,6,8-10,14H,5,7,11-12,22H2,1H3/t14-/m0/s1. The van der Waals surface area contributed by atoms with Crippen LogP contribution in [0.4, 0.5) is 21.7 Å². The van der Waals surface area contributed by atoms with Crippen molar-refractivity contribution in [3.05, 3.63) is 53.5 Å². The number of carbonyl (C=O) groups excluding carboxylic acids is 1. The summed E-state index contributed by atoms with van der Waals surface area (Å²) in [5, 5.41) is 0. The van der Waals surface area contributed by atoms with E-state index in [9.17, 15) is 9.18 Å². The molecule has 8 heteroatoms. The maximum atomic E-state index is 13.3. The van der Waals surface area contributed by atoms with Gasteiger partial charge in [0, 0.05) is 24.7 Å². The maximum Gasteiger partial charge on any atom is 0.263 e. The largest absolute Gasteiger partial charge is 0.400 e. The smallest absolute Gasteiger partial charge is 0.263 e. The number of hydrogen-bond acceptors (Lipinski definition) is 6. The molecule has 2 aliphatic heterocycles. The van der Waals surface area contributed by atoms with Crippen molar-refractivity contribution in [3.63, 3.8) is 0 Å². The number of aryl methyl sites for hydroxylation is 1. The molecule has 0 saturated carbocycles. The minimum Gasteiger partial charge on any atom is -0.400 e. The molecule has 0 unspecified atom stereocenters. The third-order valence-electron chi connectivity index (χ3n) is 4.86. The Balaban J connectivity index is 1.47. The Hall–Kier alpha value is -3.29. The molecule has 0 spiro atoms. The number of amides is 1. The molecule has 0 bridgehead atoms. The van der Waals surface area contributed by atoms with Crippen LogP contribution in [-0.4, -0.2) is 47.9 Å². The summed E-state index contributed by atoms with van der Waals surface area (Å²) in [6.07, 6.45) is 4.47. The van der Waals surface area contributed by atoms with Gasteiger partial charge in [0.1, 0.15) is 17.8 Å². The van der Waals surface area contributed by atoms with Crippen molar-refractivity contribution in [1.29, 1.82) is 0 Å². The number of hydrogen-bond donors (Lipinski definition) is 1. The fourth-order valence-electron chi connectivity index (χ4n) is 3.31. The van der Waals surface area contributed by atoms with Crippen LogP contribution in [0, 0.1) is 6.92 Å². The van der Waals surface area contributed by atoms with E-state index in [0.29, 0.717) is 42.3 Å². The van der Waals surface area contributed by atoms with Gasteiger partial charge in [0.25, 0.3) is 5.91 Å². The van der Waals surface area contributed by atoms with Crippen LogP contribution in [0.1, 0.15) is 12.0 Å². The average molecular weight is 380 g/mol. The van der Waals surface area contributed by atoms with Crippen molar-refractivity contribution in [3.8, 4) is 0 Å². The molecular weight excluding hydrogens is 359 g/mol. The molecule has 4 heterocycles. The molecular formula is C20H21FN6O. The zero-order valence-corrected chi connectivity index (χ0v) is 15.5. The highest BCUT2D eigenvalue weighted by atomic mass is 19.1. The van der Waals surface area contributed by atoms with Crippen LogP contribution in [0.15, 0.2) is 52.9 Å². The maximum absolute atomic E-state index is 13.3. The van der Waals surface area contributed by atoms with E-state index < -0.39 is 6.17 Å². The molecule has 2 aromatic heterocycles. The van der Waals surface area contributed by atoms with Crippen LogP contribution in [-0.2, 0) is 4.79 Å². The van der Waals surface area contributed by atoms with E-state index in [4.69, 9.17) is 5.73 Å². The van der Waals surface area contributed by atoms with E-state index in [1.807, 2.05) is 30.0 Å². The van der Waals surface area contributed by atoms with Gasteiger partial charge >= 0.3 is 0 Å². The third kappa shape index (κ3) is 3.58. The number of nitrogens with zero attached hydrogens (tertiary/aromatic N) is 5. The minimum atomic E-state index is -0.798. The highest BCUT2D eigenvalue weighted by Gasteiger charge is 2.30. The zero-order valence-electron chi connectivity index (χ0n) is 15.5. The predicted octanol–water partition coefficient (Wildman–Crippen LogP) is 2.30. The lowest BCUT2D eigenvalue weighted by Crippen LogP contribution is -2.28. The van der Waals surface area contributed by atoms with Crippen LogP contribution in [0.3, 0.4) is 0 Å². The van der Waals surface area contributed by atoms with Gasteiger partial charge in [-0.1, -0.05) is 0 Å². The van der Waals surface area contributed by atoms with Gasteiger partial charge < -0.3 is 10.6 Å². The van der Waals surface area contributed by atoms with Crippen LogP contribution >= 0.6 is 0 Å². The summed E-state index contributed by atoms with van der Waals surface area (Å²) in [5.74, 6) is 1.07. The Labute approximate surface area is 162 Å². The second-order valence-corrected chi connectivity index (χ2v) is 6.99. The summed E-state index contributed by atoms with van der Waals surface area (Å²) in [5.41, 5.74) is 8.48. The van der Waals surface area contributed by atoms with Crippen molar-refractivity contribution >= 4 is 29.4 Å². The average Bonchev–Trinajstić information content (AvgIpc) is 3.24. The number of nitrogens with two attached hydrogens (primary N) is 1. The molecule has 28 heavy (non-hydrogen) atoms. The Morgan fingerprint density at radius 3 is 2.82 bits per heavy atom. The number of halogens is 1. The molecule has 0 aliphatic carbocycles. The van der Waals surface area contributed by atoms with Crippen molar-refractivity contribution in [2.75, 3.05) is 29.4 Å². The highest BCUT2D eigenvalue weighted by Crippen LogP contribution is 2.24. The summed E-state index contributed by atoms with van der Waals surface area (Å²) in [4.78, 5) is 29.1. The van der Waals surface area contributed by atoms with E-state index >= 15 is 0 Å². The van der Waals surface area contributed by atoms with E-state index in [-0.39, 0.29) is 12.5 Å². The van der Waals surface area contributed by atoms with Crippen molar-refractivity contribution in [2.24, 2.45) is 10.7 Å². The summed E-state index contributed by atoms with van der Waals surface area (Å²) >= 11 is 0. The second-order valence-electron chi connectivity index (χ2n) is 6.99. The van der Waals surface area contributed by atoms with Crippen molar-refractivity contribution in [1.82, 2.24) is 9.97 Å². The number of aromatic nitrogens is 2. The van der Waals surface area contributed by atoms with Crippen LogP contribution in [0.2, 0.25) is 0 Å². The number of rotatable bonds is 4. The Morgan fingerprint density at radius 2 is 2.14 bits per heavy atom. The Bertz CT molecular complexity index is 955. The molecule has 1 atom stereocenters. The SMILES string of the molecule is Cc1ccnc(N2CC(N)=C(C=Nc3ccc(N4CC[C@H](F)C4)nc3)C2=O)c1. The normalized spacial score (nSPS) is 20.1. The summed E-state index contributed by atoms with van der Waals surface area (Å²) < 4.78 is 13.3. The third-order valence-corrected chi connectivity index (χ3v) is 4.86. The first-order valence-electron chi connectivity index (χ1n) is 9.13. The van der Waals surface area contributed by atoms with E-state index in [0.717, 1.165) is 11.4 Å². The first-order chi connectivity index (χ1) is 13.5. The van der Waals surface area contributed by atoms with E-state index in [1.165, 1.54) is 11.1 Å². The molecule has 2 aromatic rings. The van der Waals surface area contributed by atoms with Gasteiger partial charge in [-0.3, -0.25) is 14.7 Å². The molecule has 144 valence electrons. The fraction of sp³-hybridized carbons (Fsp3) is 0.300. The fourth-order valence-corrected chi connectivity index (χ4v) is 3.31. The van der Waals surface area contributed by atoms with Crippen LogP contribution in [0.5, 0.6) is 0 Å². The predicted molar refractivity (Wildman–Crippen MR) is 107 cm³/mol. The Morgan fingerprint density at radius 1 is 1.29 bits per heavy atom. The number of alkyl halides is 1. The quantitative estimate of drug-likeness (QED) is 0.823. The molecule has 1 amide bonds. The summed E-state index contributed by atoms with van der Waals surface area (Å²) in [6, 6.07) is 7.31. The monoisotopic (exact) mass is 380 g/mol. The number of pyridine rings is 2. The second kappa shape index (κ2) is 7.38. The highest BCUT2D eigenvalue weighted by molar-refractivity contribution is 6.21. The molecule has 4 rings (SSSR count). The van der Waals surface area contributed by atoms with Crippen molar-refractivity contribution < 1.29 is 9.18 Å². The molecule has 2 aliphatic rings. The molecule has 0 radical (unpaired) electrons. The number of aliphatic imine (C=N–C) groups is 1. The van der Waals surface area contributed by atoms with Gasteiger partial charge in [-0.15, -0.1) is 0 Å². The lowest BCUT2D eigenvalue weighted by Gasteiger charge is -2.15. The van der Waals surface area contributed by atoms with E-state index in [2.05, 4.69) is 15.0 Å². The lowest BCUT2D eigenvalue weighted by molar-refractivity contribution is -0.114. The van der Waals surface area contributed by atoms with Crippen molar-refractivity contribution in [2.45, 2.75) is 19.5 Å². The van der Waals surface area contributed by atoms with Gasteiger partial charge in [0.15, 0.2) is 0 Å². The molecule has 0 aromatic carbocycles. The molecule has 7 nitrogen and oxygen atoms in total. The number of carbonyl (C=O) groups is 1. The van der Waals surface area contributed by atoms with E-state index in [1.54, 1.807) is 18.5 Å². The van der Waals surface area contributed by atoms with Gasteiger partial charge in [0.2, 0.25) is 0 Å². The zero-order chi connectivity index (χ0) is 19.7. The van der Waals surface area contributed by atoms with Gasteiger partial charge in [-0.25, -0.2) is 14.4 Å². The topological polar surface area (TPSA) is 87.7 Å². The molecule has 2 N–H and O–H groups in total. The molecule has 1 fully saturated rings.